The Kier molecular flexibility index (Phi) is 3.78. The van der Waals surface area contributed by atoms with E-state index in [0.29, 0.717) is 11.6 Å². The molecule has 1 atom stereocenters. The number of piperidine rings is 1. The van der Waals surface area contributed by atoms with Crippen molar-refractivity contribution in [3.63, 3.8) is 0 Å². The highest BCUT2D eigenvalue weighted by Crippen LogP contribution is 2.32. The summed E-state index contributed by atoms with van der Waals surface area (Å²) in [6.45, 7) is 2.02. The van der Waals surface area contributed by atoms with E-state index in [-0.39, 0.29) is 0 Å². The van der Waals surface area contributed by atoms with Gasteiger partial charge in [0.2, 0.25) is 0 Å². The Morgan fingerprint density at radius 3 is 2.92 bits per heavy atom. The van der Waals surface area contributed by atoms with E-state index >= 15 is 0 Å². The van der Waals surface area contributed by atoms with Crippen LogP contribution < -0.4 is 10.6 Å². The van der Waals surface area contributed by atoms with Gasteiger partial charge in [-0.3, -0.25) is 4.98 Å². The van der Waals surface area contributed by atoms with Crippen LogP contribution in [0.15, 0.2) is 42.7 Å². The van der Waals surface area contributed by atoms with Crippen LogP contribution in [-0.4, -0.2) is 35.2 Å². The number of benzene rings is 2. The zero-order chi connectivity index (χ0) is 16.5. The molecule has 24 heavy (non-hydrogen) atoms. The van der Waals surface area contributed by atoms with Crippen molar-refractivity contribution in [1.29, 1.82) is 0 Å². The summed E-state index contributed by atoms with van der Waals surface area (Å²) in [5.74, 6) is -0.908. The third-order valence-electron chi connectivity index (χ3n) is 4.66. The van der Waals surface area contributed by atoms with Crippen LogP contribution in [0.2, 0.25) is 0 Å². The van der Waals surface area contributed by atoms with Crippen molar-refractivity contribution in [3.05, 3.63) is 48.3 Å². The van der Waals surface area contributed by atoms with Gasteiger partial charge in [0.15, 0.2) is 0 Å². The Morgan fingerprint density at radius 1 is 1.21 bits per heavy atom. The molecule has 1 aliphatic heterocycles. The predicted octanol–water partition coefficient (Wildman–Crippen LogP) is 3.25. The van der Waals surface area contributed by atoms with Gasteiger partial charge >= 0.3 is 5.97 Å². The number of rotatable bonds is 3. The lowest BCUT2D eigenvalue weighted by atomic mass is 9.99. The summed E-state index contributed by atoms with van der Waals surface area (Å²) in [6.07, 6.45) is 5.94. The van der Waals surface area contributed by atoms with Crippen molar-refractivity contribution in [2.24, 2.45) is 0 Å². The first kappa shape index (κ1) is 14.9. The highest BCUT2D eigenvalue weighted by molar-refractivity contribution is 6.13. The molecule has 0 amide bonds. The summed E-state index contributed by atoms with van der Waals surface area (Å²) in [5.41, 5.74) is 1.34. The van der Waals surface area contributed by atoms with Crippen LogP contribution in [-0.2, 0) is 0 Å². The quantitative estimate of drug-likeness (QED) is 0.646. The number of hydrogen-bond donors (Lipinski definition) is 3. The molecular weight excluding hydrogens is 302 g/mol. The summed E-state index contributed by atoms with van der Waals surface area (Å²) >= 11 is 0. The number of nitrogens with zero attached hydrogens (tertiary/aromatic N) is 1. The van der Waals surface area contributed by atoms with Crippen LogP contribution in [0.5, 0.6) is 0 Å². The number of aromatic carboxylic acids is 1. The lowest BCUT2D eigenvalue weighted by Gasteiger charge is -2.25. The maximum Gasteiger partial charge on any atom is 0.335 e. The van der Waals surface area contributed by atoms with E-state index in [1.807, 2.05) is 18.3 Å². The second-order valence-electron chi connectivity index (χ2n) is 6.27. The molecule has 3 aromatic rings. The maximum absolute atomic E-state index is 11.3. The van der Waals surface area contributed by atoms with Crippen LogP contribution in [0.1, 0.15) is 23.2 Å². The minimum absolute atomic E-state index is 0.302. The van der Waals surface area contributed by atoms with Crippen molar-refractivity contribution in [2.75, 3.05) is 18.4 Å². The zero-order valence-electron chi connectivity index (χ0n) is 13.2. The van der Waals surface area contributed by atoms with Gasteiger partial charge in [0, 0.05) is 41.4 Å². The minimum atomic E-state index is -0.908. The van der Waals surface area contributed by atoms with E-state index in [0.717, 1.165) is 53.2 Å². The number of nitrogens with one attached hydrogen (secondary N) is 2. The molecule has 2 aromatic carbocycles. The average molecular weight is 321 g/mol. The fraction of sp³-hybridized carbons (Fsp3) is 0.263. The van der Waals surface area contributed by atoms with E-state index < -0.39 is 5.97 Å². The van der Waals surface area contributed by atoms with Crippen LogP contribution in [0.3, 0.4) is 0 Å². The molecule has 0 spiro atoms. The molecule has 0 bridgehead atoms. The molecule has 1 saturated heterocycles. The molecule has 0 unspecified atom stereocenters. The molecule has 5 nitrogen and oxygen atoms in total. The van der Waals surface area contributed by atoms with Gasteiger partial charge in [0.1, 0.15) is 0 Å². The van der Waals surface area contributed by atoms with Gasteiger partial charge in [-0.2, -0.15) is 0 Å². The molecule has 2 heterocycles. The molecule has 1 fully saturated rings. The van der Waals surface area contributed by atoms with Gasteiger partial charge in [-0.05, 0) is 54.4 Å². The topological polar surface area (TPSA) is 74.2 Å². The first-order valence-electron chi connectivity index (χ1n) is 8.23. The number of carboxylic acids is 1. The van der Waals surface area contributed by atoms with Gasteiger partial charge in [-0.1, -0.05) is 6.07 Å². The van der Waals surface area contributed by atoms with Gasteiger partial charge in [-0.25, -0.2) is 4.79 Å². The summed E-state index contributed by atoms with van der Waals surface area (Å²) in [5, 5.41) is 20.4. The predicted molar refractivity (Wildman–Crippen MR) is 95.7 cm³/mol. The van der Waals surface area contributed by atoms with Crippen molar-refractivity contribution in [3.8, 4) is 0 Å². The van der Waals surface area contributed by atoms with Gasteiger partial charge in [0.25, 0.3) is 0 Å². The number of hydrogen-bond acceptors (Lipinski definition) is 4. The third kappa shape index (κ3) is 2.67. The number of carboxylic acid groups (broad SMARTS) is 1. The second kappa shape index (κ2) is 6.09. The van der Waals surface area contributed by atoms with Crippen molar-refractivity contribution in [2.45, 2.75) is 18.9 Å². The number of aromatic nitrogens is 1. The maximum atomic E-state index is 11.3. The molecule has 122 valence electrons. The van der Waals surface area contributed by atoms with Crippen molar-refractivity contribution in [1.82, 2.24) is 10.3 Å². The van der Waals surface area contributed by atoms with Crippen LogP contribution in [0, 0.1) is 0 Å². The highest BCUT2D eigenvalue weighted by Gasteiger charge is 2.15. The number of anilines is 1. The van der Waals surface area contributed by atoms with Crippen molar-refractivity contribution >= 4 is 33.2 Å². The zero-order valence-corrected chi connectivity index (χ0v) is 13.2. The molecule has 0 saturated carbocycles. The Hall–Kier alpha value is -2.66. The molecule has 4 rings (SSSR count). The molecular formula is C19H19N3O2. The smallest absolute Gasteiger partial charge is 0.335 e. The SMILES string of the molecule is O=C(O)c1ccc2c(c1)cc(N[C@@H]1CCCNC1)c1ccncc12. The summed E-state index contributed by atoms with van der Waals surface area (Å²) in [6, 6.07) is 9.70. The van der Waals surface area contributed by atoms with Crippen molar-refractivity contribution < 1.29 is 9.90 Å². The van der Waals surface area contributed by atoms with Gasteiger partial charge in [0.05, 0.1) is 5.56 Å². The number of carbonyl (C=O) groups is 1. The normalized spacial score (nSPS) is 17.9. The molecule has 0 radical (unpaired) electrons. The van der Waals surface area contributed by atoms with Crippen LogP contribution in [0.25, 0.3) is 21.5 Å². The van der Waals surface area contributed by atoms with Gasteiger partial charge in [-0.15, -0.1) is 0 Å². The molecule has 0 aliphatic carbocycles. The highest BCUT2D eigenvalue weighted by atomic mass is 16.4. The Labute approximate surface area is 139 Å². The van der Waals surface area contributed by atoms with E-state index in [2.05, 4.69) is 21.7 Å². The Bertz CT molecular complexity index is 917. The van der Waals surface area contributed by atoms with E-state index in [9.17, 15) is 9.90 Å². The molecule has 1 aromatic heterocycles. The number of fused-ring (bicyclic) bond motifs is 3. The summed E-state index contributed by atoms with van der Waals surface area (Å²) in [4.78, 5) is 15.5. The van der Waals surface area contributed by atoms with Crippen LogP contribution in [0.4, 0.5) is 5.69 Å². The second-order valence-corrected chi connectivity index (χ2v) is 6.27. The first-order chi connectivity index (χ1) is 11.7. The summed E-state index contributed by atoms with van der Waals surface area (Å²) < 4.78 is 0. The standard InChI is InChI=1S/C19H19N3O2/c23-19(24)12-3-4-15-13(8-12)9-18(16-5-7-21-11-17(15)16)22-14-2-1-6-20-10-14/h3-5,7-9,11,14,20,22H,1-2,6,10H2,(H,23,24)/t14-/m1/s1. The molecule has 5 heteroatoms. The van der Waals surface area contributed by atoms with Crippen LogP contribution >= 0.6 is 0 Å². The monoisotopic (exact) mass is 321 g/mol. The van der Waals surface area contributed by atoms with Gasteiger partial charge < -0.3 is 15.7 Å². The van der Waals surface area contributed by atoms with E-state index in [4.69, 9.17) is 0 Å². The Balaban J connectivity index is 1.87. The first-order valence-corrected chi connectivity index (χ1v) is 8.23. The largest absolute Gasteiger partial charge is 0.478 e. The summed E-state index contributed by atoms with van der Waals surface area (Å²) in [7, 11) is 0. The average Bonchev–Trinajstić information content (AvgIpc) is 2.62. The Morgan fingerprint density at radius 2 is 2.12 bits per heavy atom. The lowest BCUT2D eigenvalue weighted by Crippen LogP contribution is -2.38. The fourth-order valence-electron chi connectivity index (χ4n) is 3.45. The lowest BCUT2D eigenvalue weighted by molar-refractivity contribution is 0.0697. The van der Waals surface area contributed by atoms with E-state index in [1.54, 1.807) is 18.3 Å². The minimum Gasteiger partial charge on any atom is -0.478 e. The molecule has 1 aliphatic rings. The fourth-order valence-corrected chi connectivity index (χ4v) is 3.45. The third-order valence-corrected chi connectivity index (χ3v) is 4.66. The van der Waals surface area contributed by atoms with E-state index in [1.165, 1.54) is 0 Å². The number of pyridine rings is 1. The molecule has 3 N–H and O–H groups in total.